The van der Waals surface area contributed by atoms with Gasteiger partial charge in [-0.3, -0.25) is 9.89 Å². The monoisotopic (exact) mass is 262 g/mol. The molecule has 1 aromatic rings. The smallest absolute Gasteiger partial charge is 0.293 e. The number of aromatic nitrogens is 3. The molecule has 0 aliphatic heterocycles. The zero-order valence-electron chi connectivity index (χ0n) is 11.6. The number of carbonyl (C=O) groups is 1. The molecule has 1 aromatic heterocycles. The van der Waals surface area contributed by atoms with Gasteiger partial charge in [0.15, 0.2) is 0 Å². The van der Waals surface area contributed by atoms with Crippen molar-refractivity contribution in [2.45, 2.75) is 50.9 Å². The van der Waals surface area contributed by atoms with Crippen LogP contribution in [0.3, 0.4) is 0 Å². The Morgan fingerprint density at radius 3 is 2.68 bits per heavy atom. The second kappa shape index (κ2) is 5.31. The molecule has 0 bridgehead atoms. The van der Waals surface area contributed by atoms with Crippen LogP contribution in [0.15, 0.2) is 0 Å². The van der Waals surface area contributed by atoms with E-state index in [0.717, 1.165) is 12.4 Å². The third-order valence-corrected chi connectivity index (χ3v) is 4.26. The Labute approximate surface area is 113 Å². The lowest BCUT2D eigenvalue weighted by atomic mass is 9.89. The summed E-state index contributed by atoms with van der Waals surface area (Å²) in [7, 11) is 1.87. The van der Waals surface area contributed by atoms with E-state index >= 15 is 0 Å². The maximum absolute atomic E-state index is 12.3. The third-order valence-electron chi connectivity index (χ3n) is 4.26. The average molecular weight is 262 g/mol. The molecule has 2 fully saturated rings. The SMILES string of the molecule is CN(CC1CCCCC1)C(=O)c1n[nH]c(C2CC2)n1. The minimum absolute atomic E-state index is 0.0475. The Bertz CT molecular complexity index is 446. The van der Waals surface area contributed by atoms with Crippen LogP contribution < -0.4 is 0 Å². The Kier molecular flexibility index (Phi) is 3.53. The van der Waals surface area contributed by atoms with Crippen molar-refractivity contribution in [2.24, 2.45) is 5.92 Å². The number of hydrogen-bond acceptors (Lipinski definition) is 3. The number of H-pyrrole nitrogens is 1. The van der Waals surface area contributed by atoms with Gasteiger partial charge in [-0.2, -0.15) is 0 Å². The van der Waals surface area contributed by atoms with Gasteiger partial charge in [-0.1, -0.05) is 19.3 Å². The number of hydrogen-bond donors (Lipinski definition) is 1. The molecule has 0 radical (unpaired) electrons. The topological polar surface area (TPSA) is 61.9 Å². The van der Waals surface area contributed by atoms with Crippen LogP contribution in [0.2, 0.25) is 0 Å². The molecule has 1 amide bonds. The van der Waals surface area contributed by atoms with Gasteiger partial charge in [0.1, 0.15) is 5.82 Å². The van der Waals surface area contributed by atoms with Crippen molar-refractivity contribution in [3.8, 4) is 0 Å². The van der Waals surface area contributed by atoms with E-state index in [9.17, 15) is 4.79 Å². The highest BCUT2D eigenvalue weighted by Crippen LogP contribution is 2.37. The fraction of sp³-hybridized carbons (Fsp3) is 0.786. The van der Waals surface area contributed by atoms with Gasteiger partial charge < -0.3 is 4.90 Å². The lowest BCUT2D eigenvalue weighted by molar-refractivity contribution is 0.0749. The summed E-state index contributed by atoms with van der Waals surface area (Å²) in [6.45, 7) is 0.839. The first kappa shape index (κ1) is 12.6. The highest BCUT2D eigenvalue weighted by molar-refractivity contribution is 5.90. The quantitative estimate of drug-likeness (QED) is 0.906. The Balaban J connectivity index is 1.58. The highest BCUT2D eigenvalue weighted by Gasteiger charge is 2.29. The summed E-state index contributed by atoms with van der Waals surface area (Å²) in [5.74, 6) is 2.34. The van der Waals surface area contributed by atoms with E-state index < -0.39 is 0 Å². The summed E-state index contributed by atoms with van der Waals surface area (Å²) in [6, 6.07) is 0. The molecule has 0 spiro atoms. The second-order valence-electron chi connectivity index (χ2n) is 6.01. The number of amides is 1. The number of rotatable bonds is 4. The molecule has 19 heavy (non-hydrogen) atoms. The van der Waals surface area contributed by atoms with Gasteiger partial charge in [-0.25, -0.2) is 4.98 Å². The van der Waals surface area contributed by atoms with E-state index in [1.165, 1.54) is 44.9 Å². The first-order valence-electron chi connectivity index (χ1n) is 7.42. The molecule has 2 saturated carbocycles. The summed E-state index contributed by atoms with van der Waals surface area (Å²) in [5.41, 5.74) is 0. The summed E-state index contributed by atoms with van der Waals surface area (Å²) < 4.78 is 0. The zero-order chi connectivity index (χ0) is 13.2. The molecule has 2 aliphatic carbocycles. The van der Waals surface area contributed by atoms with Crippen LogP contribution in [0.25, 0.3) is 0 Å². The van der Waals surface area contributed by atoms with Crippen molar-refractivity contribution in [2.75, 3.05) is 13.6 Å². The van der Waals surface area contributed by atoms with Crippen LogP contribution in [0, 0.1) is 5.92 Å². The summed E-state index contributed by atoms with van der Waals surface area (Å²) in [6.07, 6.45) is 8.79. The molecule has 3 rings (SSSR count). The van der Waals surface area contributed by atoms with Crippen molar-refractivity contribution in [3.05, 3.63) is 11.6 Å². The standard InChI is InChI=1S/C14H22N4O/c1-18(9-10-5-3-2-4-6-10)14(19)13-15-12(16-17-13)11-7-8-11/h10-11H,2-9H2,1H3,(H,15,16,17). The molecule has 5 nitrogen and oxygen atoms in total. The van der Waals surface area contributed by atoms with Gasteiger partial charge >= 0.3 is 0 Å². The van der Waals surface area contributed by atoms with Crippen molar-refractivity contribution in [1.82, 2.24) is 20.1 Å². The third kappa shape index (κ3) is 2.96. The molecule has 104 valence electrons. The molecule has 0 atom stereocenters. The van der Waals surface area contributed by atoms with Crippen LogP contribution in [0.4, 0.5) is 0 Å². The molecule has 0 aromatic carbocycles. The number of nitrogens with one attached hydrogen (secondary N) is 1. The van der Waals surface area contributed by atoms with Crippen molar-refractivity contribution >= 4 is 5.91 Å². The van der Waals surface area contributed by atoms with Gasteiger partial charge in [-0.15, -0.1) is 5.10 Å². The molecule has 2 aliphatic rings. The molecular weight excluding hydrogens is 240 g/mol. The fourth-order valence-corrected chi connectivity index (χ4v) is 2.92. The summed E-state index contributed by atoms with van der Waals surface area (Å²) in [4.78, 5) is 18.4. The largest absolute Gasteiger partial charge is 0.339 e. The van der Waals surface area contributed by atoms with Gasteiger partial charge in [-0.05, 0) is 31.6 Å². The minimum Gasteiger partial charge on any atom is -0.339 e. The lowest BCUT2D eigenvalue weighted by Crippen LogP contribution is -2.33. The molecular formula is C14H22N4O. The lowest BCUT2D eigenvalue weighted by Gasteiger charge is -2.26. The van der Waals surface area contributed by atoms with Crippen molar-refractivity contribution in [3.63, 3.8) is 0 Å². The molecule has 0 saturated heterocycles. The van der Waals surface area contributed by atoms with Crippen molar-refractivity contribution < 1.29 is 4.79 Å². The predicted molar refractivity (Wildman–Crippen MR) is 71.9 cm³/mol. The maximum Gasteiger partial charge on any atom is 0.293 e. The van der Waals surface area contributed by atoms with E-state index in [2.05, 4.69) is 15.2 Å². The molecule has 1 N–H and O–H groups in total. The van der Waals surface area contributed by atoms with Gasteiger partial charge in [0.25, 0.3) is 5.91 Å². The van der Waals surface area contributed by atoms with E-state index in [1.807, 2.05) is 7.05 Å². The van der Waals surface area contributed by atoms with Crippen molar-refractivity contribution in [1.29, 1.82) is 0 Å². The number of aromatic amines is 1. The van der Waals surface area contributed by atoms with E-state index in [1.54, 1.807) is 4.90 Å². The van der Waals surface area contributed by atoms with Crippen LogP contribution in [0.5, 0.6) is 0 Å². The van der Waals surface area contributed by atoms with E-state index in [4.69, 9.17) is 0 Å². The van der Waals surface area contributed by atoms with Gasteiger partial charge in [0.05, 0.1) is 0 Å². The second-order valence-corrected chi connectivity index (χ2v) is 6.01. The Morgan fingerprint density at radius 2 is 2.00 bits per heavy atom. The molecule has 5 heteroatoms. The predicted octanol–water partition coefficient (Wildman–Crippen LogP) is 2.33. The van der Waals surface area contributed by atoms with Crippen LogP contribution >= 0.6 is 0 Å². The summed E-state index contributed by atoms with van der Waals surface area (Å²) >= 11 is 0. The first-order valence-corrected chi connectivity index (χ1v) is 7.42. The Hall–Kier alpha value is -1.39. The van der Waals surface area contributed by atoms with Crippen LogP contribution in [-0.2, 0) is 0 Å². The molecule has 0 unspecified atom stereocenters. The fourth-order valence-electron chi connectivity index (χ4n) is 2.92. The number of nitrogens with zero attached hydrogens (tertiary/aromatic N) is 3. The maximum atomic E-state index is 12.3. The average Bonchev–Trinajstić information content (AvgIpc) is 3.17. The van der Waals surface area contributed by atoms with Gasteiger partial charge in [0.2, 0.25) is 5.82 Å². The van der Waals surface area contributed by atoms with Crippen LogP contribution in [0.1, 0.15) is 67.3 Å². The minimum atomic E-state index is -0.0475. The van der Waals surface area contributed by atoms with Gasteiger partial charge in [0, 0.05) is 19.5 Å². The van der Waals surface area contributed by atoms with E-state index in [0.29, 0.717) is 17.7 Å². The van der Waals surface area contributed by atoms with Crippen LogP contribution in [-0.4, -0.2) is 39.6 Å². The Morgan fingerprint density at radius 1 is 1.26 bits per heavy atom. The van der Waals surface area contributed by atoms with E-state index in [-0.39, 0.29) is 5.91 Å². The first-order chi connectivity index (χ1) is 9.24. The number of carbonyl (C=O) groups excluding carboxylic acids is 1. The normalized spacial score (nSPS) is 20.5. The summed E-state index contributed by atoms with van der Waals surface area (Å²) in [5, 5.41) is 6.96. The highest BCUT2D eigenvalue weighted by atomic mass is 16.2. The molecule has 1 heterocycles. The zero-order valence-corrected chi connectivity index (χ0v) is 11.6.